The molecule has 0 aliphatic heterocycles. The van der Waals surface area contributed by atoms with Crippen LogP contribution in [-0.2, 0) is 12.8 Å². The molecular weight excluding hydrogens is 319 g/mol. The molecule has 0 aromatic heterocycles. The van der Waals surface area contributed by atoms with Crippen molar-refractivity contribution in [3.05, 3.63) is 71.0 Å². The number of rotatable bonds is 2. The molecule has 0 N–H and O–H groups in total. The predicted molar refractivity (Wildman–Crippen MR) is 115 cm³/mol. The van der Waals surface area contributed by atoms with E-state index in [0.29, 0.717) is 5.41 Å². The first-order valence-corrected chi connectivity index (χ1v) is 9.76. The summed E-state index contributed by atoms with van der Waals surface area (Å²) >= 11 is 0. The Hall–Kier alpha value is -1.63. The molecule has 146 valence electrons. The van der Waals surface area contributed by atoms with Crippen LogP contribution in [0.25, 0.3) is 0 Å². The molecule has 26 heavy (non-hydrogen) atoms. The quantitative estimate of drug-likeness (QED) is 0.510. The van der Waals surface area contributed by atoms with Crippen molar-refractivity contribution >= 4 is 0 Å². The van der Waals surface area contributed by atoms with Crippen molar-refractivity contribution < 1.29 is 4.39 Å². The molecule has 0 unspecified atom stereocenters. The molecule has 0 radical (unpaired) electrons. The highest BCUT2D eigenvalue weighted by atomic mass is 19.1. The van der Waals surface area contributed by atoms with E-state index < -0.39 is 0 Å². The maximum Gasteiger partial charge on any atom is 0.126 e. The van der Waals surface area contributed by atoms with Gasteiger partial charge in [0.25, 0.3) is 0 Å². The zero-order valence-electron chi connectivity index (χ0n) is 18.4. The topological polar surface area (TPSA) is 0 Å². The second-order valence-electron chi connectivity index (χ2n) is 8.99. The maximum absolute atomic E-state index is 13.1. The zero-order valence-corrected chi connectivity index (χ0v) is 18.4. The first kappa shape index (κ1) is 24.4. The minimum Gasteiger partial charge on any atom is -0.207 e. The Bertz CT molecular complexity index is 570. The lowest BCUT2D eigenvalue weighted by molar-refractivity contribution is 0.402. The largest absolute Gasteiger partial charge is 0.207 e. The van der Waals surface area contributed by atoms with Crippen molar-refractivity contribution in [2.24, 2.45) is 10.8 Å². The highest BCUT2D eigenvalue weighted by Crippen LogP contribution is 2.22. The Morgan fingerprint density at radius 1 is 0.654 bits per heavy atom. The van der Waals surface area contributed by atoms with E-state index >= 15 is 0 Å². The van der Waals surface area contributed by atoms with Gasteiger partial charge in [-0.25, -0.2) is 4.39 Å². The fraction of sp³-hybridized carbons (Fsp3) is 0.520. The van der Waals surface area contributed by atoms with Gasteiger partial charge in [-0.3, -0.25) is 0 Å². The average molecular weight is 359 g/mol. The van der Waals surface area contributed by atoms with Crippen LogP contribution in [0, 0.1) is 23.6 Å². The number of hydrogen-bond acceptors (Lipinski definition) is 0. The van der Waals surface area contributed by atoms with Gasteiger partial charge in [0.2, 0.25) is 0 Å². The van der Waals surface area contributed by atoms with Gasteiger partial charge in [-0.1, -0.05) is 97.9 Å². The number of hydrogen-bond donors (Lipinski definition) is 0. The molecule has 0 amide bonds. The van der Waals surface area contributed by atoms with Crippen LogP contribution in [0.15, 0.2) is 48.5 Å². The number of aryl methyl sites for hydroxylation is 1. The van der Waals surface area contributed by atoms with Crippen molar-refractivity contribution in [1.29, 1.82) is 0 Å². The summed E-state index contributed by atoms with van der Waals surface area (Å²) in [6, 6.07) is 15.6. The van der Waals surface area contributed by atoms with Crippen LogP contribution in [0.5, 0.6) is 0 Å². The van der Waals surface area contributed by atoms with Crippen molar-refractivity contribution in [2.45, 2.75) is 75.2 Å². The second-order valence-corrected chi connectivity index (χ2v) is 8.99. The molecule has 0 saturated carbocycles. The summed E-state index contributed by atoms with van der Waals surface area (Å²) in [6.07, 6.45) is 1.96. The third-order valence-corrected chi connectivity index (χ3v) is 3.66. The standard InChI is InChI=1S/C12H18.C11H15F.C2H6/c1-10-7-5-6-8-11(10)9-12(2,3)4;1-11(2,3)8-9-6-4-5-7-10(9)12;1-2/h5-8H,9H2,1-4H3;4-7H,8H2,1-3H3;1-2H3. The number of benzene rings is 2. The number of halogens is 1. The van der Waals surface area contributed by atoms with Crippen LogP contribution in [0.3, 0.4) is 0 Å². The minimum atomic E-state index is -0.0903. The molecule has 0 aliphatic carbocycles. The lowest BCUT2D eigenvalue weighted by Crippen LogP contribution is -2.10. The van der Waals surface area contributed by atoms with Gasteiger partial charge in [0.05, 0.1) is 0 Å². The van der Waals surface area contributed by atoms with Crippen LogP contribution >= 0.6 is 0 Å². The molecular formula is C25H39F. The highest BCUT2D eigenvalue weighted by molar-refractivity contribution is 5.26. The predicted octanol–water partition coefficient (Wildman–Crippen LogP) is 8.02. The molecule has 0 aliphatic rings. The fourth-order valence-electron chi connectivity index (χ4n) is 2.59. The van der Waals surface area contributed by atoms with E-state index in [4.69, 9.17) is 0 Å². The molecule has 0 spiro atoms. The minimum absolute atomic E-state index is 0.0903. The molecule has 0 heterocycles. The van der Waals surface area contributed by atoms with Gasteiger partial charge in [0.15, 0.2) is 0 Å². The highest BCUT2D eigenvalue weighted by Gasteiger charge is 2.13. The van der Waals surface area contributed by atoms with Gasteiger partial charge >= 0.3 is 0 Å². The van der Waals surface area contributed by atoms with Gasteiger partial charge in [0, 0.05) is 0 Å². The molecule has 1 heteroatoms. The summed E-state index contributed by atoms with van der Waals surface area (Å²) in [4.78, 5) is 0. The molecule has 2 rings (SSSR count). The van der Waals surface area contributed by atoms with Crippen LogP contribution in [0.4, 0.5) is 4.39 Å². The van der Waals surface area contributed by atoms with Crippen LogP contribution < -0.4 is 0 Å². The molecule has 0 nitrogen and oxygen atoms in total. The normalized spacial score (nSPS) is 11.0. The van der Waals surface area contributed by atoms with E-state index in [2.05, 4.69) is 72.7 Å². The summed E-state index contributed by atoms with van der Waals surface area (Å²) < 4.78 is 13.1. The Morgan fingerprint density at radius 3 is 1.46 bits per heavy atom. The summed E-state index contributed by atoms with van der Waals surface area (Å²) in [7, 11) is 0. The first-order chi connectivity index (χ1) is 12.0. The third-order valence-electron chi connectivity index (χ3n) is 3.66. The molecule has 2 aromatic rings. The summed E-state index contributed by atoms with van der Waals surface area (Å²) in [5.41, 5.74) is 4.25. The Kier molecular flexibility index (Phi) is 10.5. The van der Waals surface area contributed by atoms with Crippen LogP contribution in [0.1, 0.15) is 72.1 Å². The Balaban J connectivity index is 0.000000439. The van der Waals surface area contributed by atoms with Gasteiger partial charge in [-0.2, -0.15) is 0 Å². The van der Waals surface area contributed by atoms with Gasteiger partial charge in [0.1, 0.15) is 5.82 Å². The van der Waals surface area contributed by atoms with Gasteiger partial charge in [-0.15, -0.1) is 0 Å². The zero-order chi connectivity index (χ0) is 20.4. The monoisotopic (exact) mass is 358 g/mol. The molecule has 0 bridgehead atoms. The van der Waals surface area contributed by atoms with E-state index in [0.717, 1.165) is 12.0 Å². The van der Waals surface area contributed by atoms with Crippen molar-refractivity contribution in [1.82, 2.24) is 0 Å². The van der Waals surface area contributed by atoms with Gasteiger partial charge < -0.3 is 0 Å². The van der Waals surface area contributed by atoms with Crippen LogP contribution in [0.2, 0.25) is 0 Å². The fourth-order valence-corrected chi connectivity index (χ4v) is 2.59. The molecule has 0 atom stereocenters. The lowest BCUT2D eigenvalue weighted by atomic mass is 9.86. The van der Waals surface area contributed by atoms with E-state index in [1.165, 1.54) is 23.6 Å². The van der Waals surface area contributed by atoms with E-state index in [9.17, 15) is 4.39 Å². The lowest BCUT2D eigenvalue weighted by Gasteiger charge is -2.19. The summed E-state index contributed by atoms with van der Waals surface area (Å²) in [6.45, 7) is 19.3. The first-order valence-electron chi connectivity index (χ1n) is 9.76. The van der Waals surface area contributed by atoms with E-state index in [1.807, 2.05) is 26.0 Å². The molecule has 0 fully saturated rings. The average Bonchev–Trinajstić information content (AvgIpc) is 2.52. The van der Waals surface area contributed by atoms with Crippen LogP contribution in [-0.4, -0.2) is 0 Å². The van der Waals surface area contributed by atoms with E-state index in [-0.39, 0.29) is 11.2 Å². The van der Waals surface area contributed by atoms with Crippen molar-refractivity contribution in [3.63, 3.8) is 0 Å². The SMILES string of the molecule is CC.CC(C)(C)Cc1ccccc1F.Cc1ccccc1CC(C)(C)C. The molecule has 2 aromatic carbocycles. The van der Waals surface area contributed by atoms with Crippen molar-refractivity contribution in [2.75, 3.05) is 0 Å². The van der Waals surface area contributed by atoms with E-state index in [1.54, 1.807) is 6.07 Å². The smallest absolute Gasteiger partial charge is 0.126 e. The molecule has 0 saturated heterocycles. The Morgan fingerprint density at radius 2 is 1.04 bits per heavy atom. The Labute approximate surface area is 161 Å². The summed E-state index contributed by atoms with van der Waals surface area (Å²) in [5.74, 6) is -0.0903. The third kappa shape index (κ3) is 11.1. The van der Waals surface area contributed by atoms with Crippen molar-refractivity contribution in [3.8, 4) is 0 Å². The summed E-state index contributed by atoms with van der Waals surface area (Å²) in [5, 5.41) is 0. The van der Waals surface area contributed by atoms with Gasteiger partial charge in [-0.05, 0) is 53.4 Å². The second kappa shape index (κ2) is 11.2. The maximum atomic E-state index is 13.1.